The van der Waals surface area contributed by atoms with Crippen LogP contribution in [0, 0.1) is 5.92 Å². The summed E-state index contributed by atoms with van der Waals surface area (Å²) in [6, 6.07) is 7.14. The van der Waals surface area contributed by atoms with Gasteiger partial charge in [-0.25, -0.2) is 13.4 Å². The van der Waals surface area contributed by atoms with E-state index >= 15 is 0 Å². The number of carbonyl (C=O) groups is 2. The topological polar surface area (TPSA) is 109 Å². The number of sulfonamides is 1. The number of nitrogens with zero attached hydrogens (tertiary/aromatic N) is 3. The number of hydrogen-bond acceptors (Lipinski definition) is 7. The van der Waals surface area contributed by atoms with Crippen molar-refractivity contribution in [2.45, 2.75) is 38.5 Å². The Bertz CT molecular complexity index is 1130. The highest BCUT2D eigenvalue weighted by Crippen LogP contribution is 2.32. The molecule has 4 rings (SSSR count). The molecule has 0 spiro atoms. The highest BCUT2D eigenvalue weighted by molar-refractivity contribution is 7.89. The third kappa shape index (κ3) is 4.37. The van der Waals surface area contributed by atoms with Crippen molar-refractivity contribution in [1.29, 1.82) is 0 Å². The number of amides is 2. The largest absolute Gasteiger partial charge is 0.497 e. The summed E-state index contributed by atoms with van der Waals surface area (Å²) in [6.45, 7) is 4.29. The van der Waals surface area contributed by atoms with Crippen molar-refractivity contribution in [2.24, 2.45) is 5.92 Å². The predicted molar refractivity (Wildman–Crippen MR) is 122 cm³/mol. The van der Waals surface area contributed by atoms with E-state index < -0.39 is 21.2 Å². The molecule has 1 N–H and O–H groups in total. The lowest BCUT2D eigenvalue weighted by atomic mass is 10.1. The monoisotopic (exact) mass is 478 g/mol. The van der Waals surface area contributed by atoms with Crippen LogP contribution in [0.1, 0.15) is 30.8 Å². The number of nitrogens with one attached hydrogen (secondary N) is 1. The van der Waals surface area contributed by atoms with Crippen molar-refractivity contribution >= 4 is 44.0 Å². The molecule has 1 unspecified atom stereocenters. The maximum Gasteiger partial charge on any atom is 0.231 e. The van der Waals surface area contributed by atoms with Gasteiger partial charge < -0.3 is 15.0 Å². The van der Waals surface area contributed by atoms with Gasteiger partial charge in [-0.15, -0.1) is 11.3 Å². The van der Waals surface area contributed by atoms with Crippen LogP contribution in [0.3, 0.4) is 0 Å². The zero-order chi connectivity index (χ0) is 23.0. The quantitative estimate of drug-likeness (QED) is 0.682. The molecule has 3 heterocycles. The lowest BCUT2D eigenvalue weighted by Crippen LogP contribution is -2.39. The second-order valence-electron chi connectivity index (χ2n) is 8.16. The molecule has 2 aliphatic heterocycles. The standard InChI is InChI=1S/C21H26N4O5S2/c1-13(2)32(28,29)24-9-8-17-18(12-24)31-21(22-17)23-20(27)14-10-19(26)25(11-14)15-4-6-16(30-3)7-5-15/h4-7,13-14H,8-12H2,1-3H3,(H,22,23,27). The van der Waals surface area contributed by atoms with Gasteiger partial charge in [-0.1, -0.05) is 0 Å². The number of anilines is 2. The van der Waals surface area contributed by atoms with E-state index in [-0.39, 0.29) is 24.8 Å². The number of fused-ring (bicyclic) bond motifs is 1. The summed E-state index contributed by atoms with van der Waals surface area (Å²) in [6.07, 6.45) is 0.643. The van der Waals surface area contributed by atoms with E-state index in [1.807, 2.05) is 0 Å². The molecule has 0 saturated carbocycles. The lowest BCUT2D eigenvalue weighted by Gasteiger charge is -2.26. The fourth-order valence-electron chi connectivity index (χ4n) is 3.84. The Labute approximate surface area is 191 Å². The maximum atomic E-state index is 12.8. The summed E-state index contributed by atoms with van der Waals surface area (Å²) in [4.78, 5) is 32.2. The Morgan fingerprint density at radius 1 is 1.28 bits per heavy atom. The summed E-state index contributed by atoms with van der Waals surface area (Å²) < 4.78 is 31.6. The van der Waals surface area contributed by atoms with Crippen LogP contribution in [0.2, 0.25) is 0 Å². The normalized spacial score (nSPS) is 19.3. The molecule has 1 aromatic carbocycles. The van der Waals surface area contributed by atoms with Gasteiger partial charge in [0.2, 0.25) is 21.8 Å². The molecule has 2 aliphatic rings. The molecule has 0 bridgehead atoms. The number of ether oxygens (including phenoxy) is 1. The molecular formula is C21H26N4O5S2. The Kier molecular flexibility index (Phi) is 6.24. The van der Waals surface area contributed by atoms with E-state index in [0.29, 0.717) is 30.4 Å². The van der Waals surface area contributed by atoms with Gasteiger partial charge in [0.15, 0.2) is 5.13 Å². The number of thiazole rings is 1. The van der Waals surface area contributed by atoms with Crippen LogP contribution in [0.5, 0.6) is 5.75 Å². The zero-order valence-electron chi connectivity index (χ0n) is 18.2. The molecule has 0 aliphatic carbocycles. The van der Waals surface area contributed by atoms with Gasteiger partial charge in [-0.2, -0.15) is 4.31 Å². The molecule has 172 valence electrons. The first-order valence-corrected chi connectivity index (χ1v) is 12.7. The summed E-state index contributed by atoms with van der Waals surface area (Å²) >= 11 is 1.29. The minimum absolute atomic E-state index is 0.108. The van der Waals surface area contributed by atoms with E-state index in [1.165, 1.54) is 15.6 Å². The van der Waals surface area contributed by atoms with Crippen molar-refractivity contribution in [1.82, 2.24) is 9.29 Å². The minimum atomic E-state index is -3.34. The van der Waals surface area contributed by atoms with Crippen LogP contribution in [-0.2, 0) is 32.6 Å². The molecule has 32 heavy (non-hydrogen) atoms. The second-order valence-corrected chi connectivity index (χ2v) is 11.7. The molecule has 1 atom stereocenters. The van der Waals surface area contributed by atoms with Gasteiger partial charge in [0.1, 0.15) is 5.75 Å². The molecule has 2 amide bonds. The molecule has 1 saturated heterocycles. The first kappa shape index (κ1) is 22.7. The average molecular weight is 479 g/mol. The van der Waals surface area contributed by atoms with Crippen LogP contribution < -0.4 is 15.0 Å². The van der Waals surface area contributed by atoms with Crippen LogP contribution in [0.15, 0.2) is 24.3 Å². The van der Waals surface area contributed by atoms with Crippen molar-refractivity contribution in [2.75, 3.05) is 30.4 Å². The third-order valence-electron chi connectivity index (χ3n) is 5.76. The first-order chi connectivity index (χ1) is 15.2. The highest BCUT2D eigenvalue weighted by Gasteiger charge is 2.36. The Balaban J connectivity index is 1.41. The predicted octanol–water partition coefficient (Wildman–Crippen LogP) is 2.24. The van der Waals surface area contributed by atoms with Gasteiger partial charge in [-0.05, 0) is 38.1 Å². The third-order valence-corrected chi connectivity index (χ3v) is 8.98. The van der Waals surface area contributed by atoms with Crippen LogP contribution >= 0.6 is 11.3 Å². The Morgan fingerprint density at radius 3 is 2.66 bits per heavy atom. The SMILES string of the molecule is COc1ccc(N2CC(C(=O)Nc3nc4c(s3)CN(S(=O)(=O)C(C)C)CC4)CC2=O)cc1. The van der Waals surface area contributed by atoms with Crippen molar-refractivity contribution in [3.8, 4) is 5.75 Å². The Morgan fingerprint density at radius 2 is 2.00 bits per heavy atom. The van der Waals surface area contributed by atoms with E-state index in [1.54, 1.807) is 50.1 Å². The van der Waals surface area contributed by atoms with E-state index in [2.05, 4.69) is 10.3 Å². The Hall–Kier alpha value is -2.50. The molecule has 11 heteroatoms. The van der Waals surface area contributed by atoms with E-state index in [0.717, 1.165) is 16.3 Å². The first-order valence-electron chi connectivity index (χ1n) is 10.4. The average Bonchev–Trinajstić information content (AvgIpc) is 3.35. The zero-order valence-corrected chi connectivity index (χ0v) is 19.8. The lowest BCUT2D eigenvalue weighted by molar-refractivity contribution is -0.122. The highest BCUT2D eigenvalue weighted by atomic mass is 32.2. The van der Waals surface area contributed by atoms with Crippen molar-refractivity contribution in [3.05, 3.63) is 34.8 Å². The van der Waals surface area contributed by atoms with Gasteiger partial charge in [0.25, 0.3) is 0 Å². The molecule has 1 fully saturated rings. The number of benzene rings is 1. The van der Waals surface area contributed by atoms with Crippen LogP contribution in [-0.4, -0.2) is 55.0 Å². The van der Waals surface area contributed by atoms with E-state index in [9.17, 15) is 18.0 Å². The van der Waals surface area contributed by atoms with E-state index in [4.69, 9.17) is 4.74 Å². The van der Waals surface area contributed by atoms with Crippen molar-refractivity contribution in [3.63, 3.8) is 0 Å². The smallest absolute Gasteiger partial charge is 0.231 e. The summed E-state index contributed by atoms with van der Waals surface area (Å²) in [5.41, 5.74) is 1.55. The number of methoxy groups -OCH3 is 1. The molecule has 1 aromatic heterocycles. The molecule has 2 aromatic rings. The summed E-state index contributed by atoms with van der Waals surface area (Å²) in [7, 11) is -1.76. The number of rotatable bonds is 6. The number of aromatic nitrogens is 1. The van der Waals surface area contributed by atoms with Crippen LogP contribution in [0.25, 0.3) is 0 Å². The van der Waals surface area contributed by atoms with Crippen LogP contribution in [0.4, 0.5) is 10.8 Å². The fourth-order valence-corrected chi connectivity index (χ4v) is 6.20. The summed E-state index contributed by atoms with van der Waals surface area (Å²) in [5.74, 6) is -0.152. The van der Waals surface area contributed by atoms with Crippen molar-refractivity contribution < 1.29 is 22.7 Å². The molecule has 9 nitrogen and oxygen atoms in total. The fraction of sp³-hybridized carbons (Fsp3) is 0.476. The van der Waals surface area contributed by atoms with Gasteiger partial charge in [0, 0.05) is 43.0 Å². The van der Waals surface area contributed by atoms with Gasteiger partial charge in [-0.3, -0.25) is 9.59 Å². The second kappa shape index (κ2) is 8.80. The number of hydrogen-bond donors (Lipinski definition) is 1. The molecule has 0 radical (unpaired) electrons. The van der Waals surface area contributed by atoms with Gasteiger partial charge in [0.05, 0.1) is 24.0 Å². The molecular weight excluding hydrogens is 452 g/mol. The summed E-state index contributed by atoms with van der Waals surface area (Å²) in [5, 5.41) is 2.79. The minimum Gasteiger partial charge on any atom is -0.497 e. The van der Waals surface area contributed by atoms with Gasteiger partial charge >= 0.3 is 0 Å². The maximum absolute atomic E-state index is 12.8. The number of carbonyl (C=O) groups excluding carboxylic acids is 2.